The second kappa shape index (κ2) is 22.8. The Morgan fingerprint density at radius 3 is 1.18 bits per heavy atom. The topological polar surface area (TPSA) is 272 Å². The van der Waals surface area contributed by atoms with Crippen molar-refractivity contribution < 1.29 is 66.7 Å². The minimum atomic E-state index is -0.822. The molecule has 0 unspecified atom stereocenters. The van der Waals surface area contributed by atoms with E-state index in [0.717, 1.165) is 0 Å². The summed E-state index contributed by atoms with van der Waals surface area (Å²) < 4.78 is 34.1. The van der Waals surface area contributed by atoms with E-state index in [1.165, 1.54) is 73.0 Å². The standard InChI is InChI=1S/C20H14N2O8.C18H18N2O6/c21-12-28-15-5-7-17(8-6-15)29-19(25)10-9-18(24)27-11-20(26)30-16-3-1-14(2-4-16)22-13-23;19-12-1-5-14(6-2-12)25-17(22)10-9-16(21)24-11-18(23)26-15-7-3-13(20)4-8-15/h1-8H,9-11H2;1-8H,9-11,19-20H2. The number of carbonyl (C=O) groups excluding carboxylic acids is 7. The number of carbonyl (C=O) groups is 6. The summed E-state index contributed by atoms with van der Waals surface area (Å²) in [4.78, 5) is 83.4. The molecule has 0 saturated heterocycles. The first-order valence-corrected chi connectivity index (χ1v) is 16.1. The van der Waals surface area contributed by atoms with Crippen molar-refractivity contribution in [3.05, 3.63) is 97.1 Å². The second-order valence-electron chi connectivity index (χ2n) is 10.7. The van der Waals surface area contributed by atoms with Crippen LogP contribution >= 0.6 is 0 Å². The van der Waals surface area contributed by atoms with Gasteiger partial charge >= 0.3 is 35.8 Å². The summed E-state index contributed by atoms with van der Waals surface area (Å²) in [5.74, 6) is -3.05. The van der Waals surface area contributed by atoms with Crippen molar-refractivity contribution >= 4 is 59.0 Å². The van der Waals surface area contributed by atoms with E-state index in [4.69, 9.17) is 45.2 Å². The number of hydrogen-bond donors (Lipinski definition) is 2. The molecule has 4 N–H and O–H groups in total. The van der Waals surface area contributed by atoms with Gasteiger partial charge in [-0.15, -0.1) is 5.26 Å². The highest BCUT2D eigenvalue weighted by Gasteiger charge is 2.15. The van der Waals surface area contributed by atoms with Gasteiger partial charge < -0.3 is 44.6 Å². The van der Waals surface area contributed by atoms with E-state index in [-0.39, 0.29) is 48.7 Å². The molecule has 0 saturated carbocycles. The molecule has 0 aliphatic heterocycles. The summed E-state index contributed by atoms with van der Waals surface area (Å²) in [6.07, 6.45) is 1.93. The maximum absolute atomic E-state index is 11.7. The number of ether oxygens (including phenoxy) is 7. The van der Waals surface area contributed by atoms with Gasteiger partial charge in [0.2, 0.25) is 6.08 Å². The van der Waals surface area contributed by atoms with Crippen LogP contribution in [-0.4, -0.2) is 55.1 Å². The Labute approximate surface area is 318 Å². The lowest BCUT2D eigenvalue weighted by molar-refractivity contribution is -0.154. The van der Waals surface area contributed by atoms with E-state index in [2.05, 4.69) is 9.73 Å². The zero-order chi connectivity index (χ0) is 40.7. The van der Waals surface area contributed by atoms with Crippen LogP contribution in [0.3, 0.4) is 0 Å². The average Bonchev–Trinajstić information content (AvgIpc) is 3.18. The molecule has 0 amide bonds. The monoisotopic (exact) mass is 768 g/mol. The maximum Gasteiger partial charge on any atom is 0.349 e. The third-order valence-corrected chi connectivity index (χ3v) is 6.45. The lowest BCUT2D eigenvalue weighted by atomic mass is 10.3. The van der Waals surface area contributed by atoms with E-state index in [1.54, 1.807) is 36.4 Å². The van der Waals surface area contributed by atoms with Crippen molar-refractivity contribution in [2.75, 3.05) is 24.7 Å². The van der Waals surface area contributed by atoms with Gasteiger partial charge in [0.25, 0.3) is 6.26 Å². The third kappa shape index (κ3) is 17.0. The van der Waals surface area contributed by atoms with Gasteiger partial charge in [-0.3, -0.25) is 19.2 Å². The average molecular weight is 769 g/mol. The fourth-order valence-corrected chi connectivity index (χ4v) is 3.86. The van der Waals surface area contributed by atoms with Crippen molar-refractivity contribution in [2.24, 2.45) is 4.99 Å². The van der Waals surface area contributed by atoms with Crippen LogP contribution in [0.25, 0.3) is 0 Å². The highest BCUT2D eigenvalue weighted by Crippen LogP contribution is 2.19. The van der Waals surface area contributed by atoms with Gasteiger partial charge in [-0.2, -0.15) is 4.99 Å². The van der Waals surface area contributed by atoms with Crippen LogP contribution in [-0.2, 0) is 43.0 Å². The van der Waals surface area contributed by atoms with Crippen LogP contribution in [0.1, 0.15) is 25.7 Å². The van der Waals surface area contributed by atoms with Gasteiger partial charge in [0.15, 0.2) is 13.2 Å². The van der Waals surface area contributed by atoms with Gasteiger partial charge in [-0.05, 0) is 97.1 Å². The molecule has 18 nitrogen and oxygen atoms in total. The van der Waals surface area contributed by atoms with Crippen LogP contribution in [0.15, 0.2) is 102 Å². The predicted molar refractivity (Wildman–Crippen MR) is 192 cm³/mol. The Kier molecular flexibility index (Phi) is 17.3. The largest absolute Gasteiger partial charge is 0.454 e. The number of hydrogen-bond acceptors (Lipinski definition) is 18. The first-order chi connectivity index (χ1) is 26.9. The van der Waals surface area contributed by atoms with Crippen molar-refractivity contribution in [2.45, 2.75) is 25.7 Å². The van der Waals surface area contributed by atoms with Crippen molar-refractivity contribution in [3.63, 3.8) is 0 Å². The lowest BCUT2D eigenvalue weighted by Gasteiger charge is -2.06. The first-order valence-electron chi connectivity index (χ1n) is 16.1. The van der Waals surface area contributed by atoms with Crippen LogP contribution in [0, 0.1) is 11.5 Å². The zero-order valence-electron chi connectivity index (χ0n) is 29.2. The fourth-order valence-electron chi connectivity index (χ4n) is 3.86. The molecule has 288 valence electrons. The number of rotatable bonds is 16. The first kappa shape index (κ1) is 42.4. The molecular weight excluding hydrogens is 736 g/mol. The molecule has 0 fully saturated rings. The number of aliphatic imine (C=N–C) groups is 1. The number of nitrogen functional groups attached to an aromatic ring is 2. The van der Waals surface area contributed by atoms with Crippen LogP contribution in [0.2, 0.25) is 0 Å². The smallest absolute Gasteiger partial charge is 0.349 e. The van der Waals surface area contributed by atoms with Crippen molar-refractivity contribution in [1.29, 1.82) is 5.26 Å². The molecule has 4 aromatic carbocycles. The number of esters is 6. The Balaban J connectivity index is 0.000000303. The van der Waals surface area contributed by atoms with E-state index >= 15 is 0 Å². The molecule has 0 spiro atoms. The number of benzene rings is 4. The molecule has 0 radical (unpaired) electrons. The normalized spacial score (nSPS) is 9.70. The molecule has 0 aromatic heterocycles. The van der Waals surface area contributed by atoms with E-state index < -0.39 is 49.0 Å². The van der Waals surface area contributed by atoms with Gasteiger partial charge in [-0.25, -0.2) is 14.4 Å². The Bertz CT molecular complexity index is 1990. The molecular formula is C38H32N4O14. The summed E-state index contributed by atoms with van der Waals surface area (Å²) >= 11 is 0. The summed E-state index contributed by atoms with van der Waals surface area (Å²) in [5.41, 5.74) is 12.5. The molecule has 4 rings (SSSR count). The summed E-state index contributed by atoms with van der Waals surface area (Å²) in [6, 6.07) is 23.9. The number of nitriles is 1. The maximum atomic E-state index is 11.7. The zero-order valence-corrected chi connectivity index (χ0v) is 29.2. The molecule has 0 aliphatic rings. The van der Waals surface area contributed by atoms with Gasteiger partial charge in [0.05, 0.1) is 31.4 Å². The Hall–Kier alpha value is -8.03. The lowest BCUT2D eigenvalue weighted by Crippen LogP contribution is -2.19. The molecule has 0 atom stereocenters. The summed E-state index contributed by atoms with van der Waals surface area (Å²) in [6.45, 7) is -1.20. The fraction of sp³-hybridized carbons (Fsp3) is 0.158. The SMILES string of the molecule is N#COc1ccc(OC(=O)CCC(=O)OCC(=O)Oc2ccc(N=C=O)cc2)cc1.Nc1ccc(OC(=O)CCC(=O)OCC(=O)Oc2ccc(N)cc2)cc1. The second-order valence-corrected chi connectivity index (χ2v) is 10.7. The van der Waals surface area contributed by atoms with Gasteiger partial charge in [0, 0.05) is 11.4 Å². The van der Waals surface area contributed by atoms with E-state index in [9.17, 15) is 33.6 Å². The number of nitrogens with two attached hydrogens (primary N) is 2. The Morgan fingerprint density at radius 2 is 0.804 bits per heavy atom. The van der Waals surface area contributed by atoms with Crippen LogP contribution < -0.4 is 35.2 Å². The molecule has 4 aromatic rings. The molecule has 56 heavy (non-hydrogen) atoms. The predicted octanol–water partition coefficient (Wildman–Crippen LogP) is 4.03. The van der Waals surface area contributed by atoms with E-state index in [1.807, 2.05) is 0 Å². The Morgan fingerprint density at radius 1 is 0.482 bits per heavy atom. The van der Waals surface area contributed by atoms with Gasteiger partial charge in [-0.1, -0.05) is 0 Å². The quantitative estimate of drug-likeness (QED) is 0.0406. The molecule has 18 heteroatoms. The minimum absolute atomic E-state index is 0.177. The van der Waals surface area contributed by atoms with Gasteiger partial charge in [0.1, 0.15) is 28.7 Å². The van der Waals surface area contributed by atoms with E-state index in [0.29, 0.717) is 22.8 Å². The number of anilines is 2. The summed E-state index contributed by atoms with van der Waals surface area (Å²) in [7, 11) is 0. The number of isocyanates is 1. The van der Waals surface area contributed by atoms with Crippen molar-refractivity contribution in [3.8, 4) is 35.0 Å². The molecule has 0 heterocycles. The number of nitrogens with zero attached hydrogens (tertiary/aromatic N) is 2. The van der Waals surface area contributed by atoms with Crippen LogP contribution in [0.5, 0.6) is 28.7 Å². The summed E-state index contributed by atoms with van der Waals surface area (Å²) in [5, 5.41) is 8.39. The molecule has 0 aliphatic carbocycles. The third-order valence-electron chi connectivity index (χ3n) is 6.45. The minimum Gasteiger partial charge on any atom is -0.454 e. The van der Waals surface area contributed by atoms with Crippen molar-refractivity contribution in [1.82, 2.24) is 0 Å². The molecule has 0 bridgehead atoms. The highest BCUT2D eigenvalue weighted by molar-refractivity contribution is 5.82. The highest BCUT2D eigenvalue weighted by atomic mass is 16.6. The van der Waals surface area contributed by atoms with Crippen LogP contribution in [0.4, 0.5) is 17.1 Å².